The van der Waals surface area contributed by atoms with Crippen molar-refractivity contribution in [3.05, 3.63) is 47.2 Å². The van der Waals surface area contributed by atoms with Gasteiger partial charge < -0.3 is 4.74 Å². The van der Waals surface area contributed by atoms with Crippen molar-refractivity contribution in [3.63, 3.8) is 0 Å². The van der Waals surface area contributed by atoms with Crippen LogP contribution >= 0.6 is 0 Å². The Labute approximate surface area is 109 Å². The van der Waals surface area contributed by atoms with Crippen molar-refractivity contribution in [2.24, 2.45) is 5.84 Å². The van der Waals surface area contributed by atoms with Crippen LogP contribution in [0.3, 0.4) is 0 Å². The van der Waals surface area contributed by atoms with Gasteiger partial charge in [-0.05, 0) is 43.7 Å². The lowest BCUT2D eigenvalue weighted by Crippen LogP contribution is -2.37. The van der Waals surface area contributed by atoms with Crippen LogP contribution < -0.4 is 11.3 Å². The number of hydrazine groups is 1. The summed E-state index contributed by atoms with van der Waals surface area (Å²) in [5.41, 5.74) is 6.85. The molecule has 98 valence electrons. The Hall–Kier alpha value is -1.32. The Balaban J connectivity index is 1.90. The van der Waals surface area contributed by atoms with Crippen LogP contribution in [0.15, 0.2) is 36.1 Å². The van der Waals surface area contributed by atoms with Gasteiger partial charge in [0, 0.05) is 6.04 Å². The number of benzene rings is 1. The van der Waals surface area contributed by atoms with Crippen LogP contribution in [0.5, 0.6) is 0 Å². The minimum atomic E-state index is 0.228. The third-order valence-electron chi connectivity index (χ3n) is 3.45. The average molecular weight is 246 g/mol. The Kier molecular flexibility index (Phi) is 4.79. The Morgan fingerprint density at radius 3 is 2.72 bits per heavy atom. The molecule has 3 N–H and O–H groups in total. The zero-order valence-electron chi connectivity index (χ0n) is 11.0. The molecule has 1 aliphatic rings. The molecule has 2 rings (SSSR count). The van der Waals surface area contributed by atoms with Crippen LogP contribution in [0, 0.1) is 6.92 Å². The van der Waals surface area contributed by atoms with Gasteiger partial charge in [0.05, 0.1) is 12.9 Å². The maximum atomic E-state index is 5.65. The molecular weight excluding hydrogens is 224 g/mol. The molecule has 0 aliphatic carbocycles. The first kappa shape index (κ1) is 13.1. The number of ether oxygens (including phenoxy) is 1. The van der Waals surface area contributed by atoms with E-state index in [0.29, 0.717) is 0 Å². The van der Waals surface area contributed by atoms with Crippen LogP contribution in [0.25, 0.3) is 0 Å². The smallest absolute Gasteiger partial charge is 0.0876 e. The molecule has 1 heterocycles. The van der Waals surface area contributed by atoms with Gasteiger partial charge >= 0.3 is 0 Å². The third-order valence-corrected chi connectivity index (χ3v) is 3.45. The van der Waals surface area contributed by atoms with Gasteiger partial charge in [-0.15, -0.1) is 0 Å². The maximum Gasteiger partial charge on any atom is 0.0876 e. The highest BCUT2D eigenvalue weighted by Crippen LogP contribution is 2.19. The largest absolute Gasteiger partial charge is 0.501 e. The van der Waals surface area contributed by atoms with E-state index in [1.807, 2.05) is 6.26 Å². The summed E-state index contributed by atoms with van der Waals surface area (Å²) in [5, 5.41) is 0. The van der Waals surface area contributed by atoms with Crippen molar-refractivity contribution in [1.82, 2.24) is 5.43 Å². The zero-order valence-corrected chi connectivity index (χ0v) is 11.0. The van der Waals surface area contributed by atoms with E-state index < -0.39 is 0 Å². The normalized spacial score (nSPS) is 16.9. The van der Waals surface area contributed by atoms with E-state index in [1.54, 1.807) is 0 Å². The summed E-state index contributed by atoms with van der Waals surface area (Å²) in [6, 6.07) is 8.92. The molecule has 0 spiro atoms. The number of aryl methyl sites for hydroxylation is 2. The van der Waals surface area contributed by atoms with Gasteiger partial charge in [0.2, 0.25) is 0 Å². The first-order valence-corrected chi connectivity index (χ1v) is 6.62. The summed E-state index contributed by atoms with van der Waals surface area (Å²) in [7, 11) is 0. The van der Waals surface area contributed by atoms with Gasteiger partial charge in [-0.2, -0.15) is 0 Å². The third kappa shape index (κ3) is 3.59. The fourth-order valence-electron chi connectivity index (χ4n) is 2.28. The molecule has 0 amide bonds. The topological polar surface area (TPSA) is 47.3 Å². The molecule has 1 aliphatic heterocycles. The van der Waals surface area contributed by atoms with Gasteiger partial charge in [0.25, 0.3) is 0 Å². The number of rotatable bonds is 5. The van der Waals surface area contributed by atoms with Crippen molar-refractivity contribution in [2.75, 3.05) is 6.61 Å². The molecule has 1 unspecified atom stereocenters. The SMILES string of the molecule is Cc1ccc(CCC(NN)C2=COCCC2)cc1. The molecule has 0 saturated carbocycles. The van der Waals surface area contributed by atoms with Crippen molar-refractivity contribution in [2.45, 2.75) is 38.6 Å². The van der Waals surface area contributed by atoms with Crippen LogP contribution in [-0.2, 0) is 11.2 Å². The minimum absolute atomic E-state index is 0.228. The van der Waals surface area contributed by atoms with Gasteiger partial charge in [-0.1, -0.05) is 29.8 Å². The van der Waals surface area contributed by atoms with Gasteiger partial charge in [-0.3, -0.25) is 11.3 Å². The molecule has 0 fully saturated rings. The van der Waals surface area contributed by atoms with Crippen molar-refractivity contribution in [3.8, 4) is 0 Å². The summed E-state index contributed by atoms with van der Waals surface area (Å²) in [6.07, 6.45) is 6.10. The van der Waals surface area contributed by atoms with Gasteiger partial charge in [-0.25, -0.2) is 0 Å². The van der Waals surface area contributed by atoms with Crippen LogP contribution in [-0.4, -0.2) is 12.6 Å². The summed E-state index contributed by atoms with van der Waals surface area (Å²) in [4.78, 5) is 0. The molecule has 1 aromatic rings. The van der Waals surface area contributed by atoms with E-state index in [1.165, 1.54) is 16.7 Å². The minimum Gasteiger partial charge on any atom is -0.501 e. The van der Waals surface area contributed by atoms with Crippen molar-refractivity contribution < 1.29 is 4.74 Å². The fraction of sp³-hybridized carbons (Fsp3) is 0.467. The highest BCUT2D eigenvalue weighted by atomic mass is 16.5. The lowest BCUT2D eigenvalue weighted by atomic mass is 9.96. The molecule has 0 bridgehead atoms. The standard InChI is InChI=1S/C15H22N2O/c1-12-4-6-13(7-5-12)8-9-15(17-16)14-3-2-10-18-11-14/h4-7,11,15,17H,2-3,8-10,16H2,1H3. The van der Waals surface area contributed by atoms with Crippen LogP contribution in [0.2, 0.25) is 0 Å². The molecule has 1 atom stereocenters. The van der Waals surface area contributed by atoms with E-state index in [2.05, 4.69) is 36.6 Å². The van der Waals surface area contributed by atoms with E-state index in [-0.39, 0.29) is 6.04 Å². The van der Waals surface area contributed by atoms with Crippen LogP contribution in [0.1, 0.15) is 30.4 Å². The van der Waals surface area contributed by atoms with Crippen molar-refractivity contribution in [1.29, 1.82) is 0 Å². The second-order valence-corrected chi connectivity index (χ2v) is 4.91. The second kappa shape index (κ2) is 6.57. The molecule has 0 radical (unpaired) electrons. The monoisotopic (exact) mass is 246 g/mol. The van der Waals surface area contributed by atoms with E-state index >= 15 is 0 Å². The zero-order chi connectivity index (χ0) is 12.8. The van der Waals surface area contributed by atoms with Gasteiger partial charge in [0.15, 0.2) is 0 Å². The van der Waals surface area contributed by atoms with Gasteiger partial charge in [0.1, 0.15) is 0 Å². The summed E-state index contributed by atoms with van der Waals surface area (Å²) in [6.45, 7) is 2.94. The van der Waals surface area contributed by atoms with Crippen LogP contribution in [0.4, 0.5) is 0 Å². The van der Waals surface area contributed by atoms with Crippen molar-refractivity contribution >= 4 is 0 Å². The summed E-state index contributed by atoms with van der Waals surface area (Å²) in [5.74, 6) is 5.65. The second-order valence-electron chi connectivity index (χ2n) is 4.91. The summed E-state index contributed by atoms with van der Waals surface area (Å²) < 4.78 is 5.38. The summed E-state index contributed by atoms with van der Waals surface area (Å²) >= 11 is 0. The Bertz CT molecular complexity index is 397. The van der Waals surface area contributed by atoms with E-state index in [9.17, 15) is 0 Å². The Morgan fingerprint density at radius 1 is 1.33 bits per heavy atom. The highest BCUT2D eigenvalue weighted by Gasteiger charge is 2.15. The first-order valence-electron chi connectivity index (χ1n) is 6.62. The van der Waals surface area contributed by atoms with E-state index in [0.717, 1.165) is 32.3 Å². The number of hydrogen-bond acceptors (Lipinski definition) is 3. The number of nitrogens with one attached hydrogen (secondary N) is 1. The quantitative estimate of drug-likeness (QED) is 0.619. The maximum absolute atomic E-state index is 5.65. The molecule has 0 saturated heterocycles. The predicted octanol–water partition coefficient (Wildman–Crippen LogP) is 2.45. The number of hydrogen-bond donors (Lipinski definition) is 2. The average Bonchev–Trinajstić information content (AvgIpc) is 2.43. The molecular formula is C15H22N2O. The number of nitrogens with two attached hydrogens (primary N) is 1. The molecule has 0 aromatic heterocycles. The molecule has 18 heavy (non-hydrogen) atoms. The Morgan fingerprint density at radius 2 is 2.11 bits per heavy atom. The predicted molar refractivity (Wildman–Crippen MR) is 73.9 cm³/mol. The molecule has 3 nitrogen and oxygen atoms in total. The lowest BCUT2D eigenvalue weighted by Gasteiger charge is -2.22. The first-order chi connectivity index (χ1) is 8.79. The lowest BCUT2D eigenvalue weighted by molar-refractivity contribution is 0.218. The molecule has 1 aromatic carbocycles. The molecule has 3 heteroatoms. The van der Waals surface area contributed by atoms with E-state index in [4.69, 9.17) is 10.6 Å². The fourth-order valence-corrected chi connectivity index (χ4v) is 2.28. The highest BCUT2D eigenvalue weighted by molar-refractivity contribution is 5.22.